The van der Waals surface area contributed by atoms with Gasteiger partial charge in [-0.1, -0.05) is 18.2 Å². The molecule has 0 aliphatic heterocycles. The molecule has 1 aromatic carbocycles. The van der Waals surface area contributed by atoms with Crippen LogP contribution in [0.2, 0.25) is 0 Å². The molecule has 0 spiro atoms. The van der Waals surface area contributed by atoms with Crippen LogP contribution >= 0.6 is 0 Å². The number of nitrogens with two attached hydrogens (primary N) is 1. The molecular weight excluding hydrogens is 200 g/mol. The van der Waals surface area contributed by atoms with Crippen LogP contribution in [-0.4, -0.2) is 23.2 Å². The third kappa shape index (κ3) is 1.70. The Labute approximate surface area is 85.3 Å². The van der Waals surface area contributed by atoms with Crippen LogP contribution < -0.4 is 5.73 Å². The van der Waals surface area contributed by atoms with Crippen molar-refractivity contribution in [2.45, 2.75) is 12.3 Å². The Hall–Kier alpha value is -1.49. The number of fused-ring (bicyclic) bond motifs is 1. The molecule has 0 radical (unpaired) electrons. The molecule has 2 aromatic rings. The van der Waals surface area contributed by atoms with Gasteiger partial charge in [0.05, 0.1) is 17.1 Å². The topological polar surface area (TPSA) is 54.7 Å². The Morgan fingerprint density at radius 1 is 1.33 bits per heavy atom. The van der Waals surface area contributed by atoms with Crippen molar-refractivity contribution in [3.63, 3.8) is 0 Å². The first kappa shape index (κ1) is 10.0. The molecule has 0 aliphatic rings. The lowest BCUT2D eigenvalue weighted by molar-refractivity contribution is 0.116. The highest BCUT2D eigenvalue weighted by molar-refractivity contribution is 5.81. The standard InChI is InChI=1S/C10H11F2N3/c11-10(12)7(5-13)9-6-3-1-2-4-8(6)14-15-9/h1-4,7,10H,5,13H2,(H,14,15). The van der Waals surface area contributed by atoms with Gasteiger partial charge in [0.15, 0.2) is 0 Å². The average molecular weight is 211 g/mol. The van der Waals surface area contributed by atoms with E-state index in [4.69, 9.17) is 5.73 Å². The molecule has 0 bridgehead atoms. The van der Waals surface area contributed by atoms with Crippen LogP contribution in [0.25, 0.3) is 10.9 Å². The van der Waals surface area contributed by atoms with E-state index < -0.39 is 12.3 Å². The smallest absolute Gasteiger partial charge is 0.248 e. The highest BCUT2D eigenvalue weighted by atomic mass is 19.3. The highest BCUT2D eigenvalue weighted by Crippen LogP contribution is 2.26. The van der Waals surface area contributed by atoms with Crippen molar-refractivity contribution in [1.29, 1.82) is 0 Å². The summed E-state index contributed by atoms with van der Waals surface area (Å²) in [6.07, 6.45) is -2.47. The van der Waals surface area contributed by atoms with E-state index in [1.165, 1.54) is 0 Å². The Bertz CT molecular complexity index is 453. The van der Waals surface area contributed by atoms with Crippen molar-refractivity contribution in [3.8, 4) is 0 Å². The third-order valence-corrected chi connectivity index (χ3v) is 2.42. The van der Waals surface area contributed by atoms with Gasteiger partial charge in [0.1, 0.15) is 0 Å². The van der Waals surface area contributed by atoms with Gasteiger partial charge in [0.2, 0.25) is 6.43 Å². The van der Waals surface area contributed by atoms with E-state index in [2.05, 4.69) is 10.2 Å². The second kappa shape index (κ2) is 3.94. The number of halogens is 2. The molecule has 0 amide bonds. The molecular formula is C10H11F2N3. The molecule has 2 rings (SSSR count). The monoisotopic (exact) mass is 211 g/mol. The lowest BCUT2D eigenvalue weighted by Gasteiger charge is -2.11. The largest absolute Gasteiger partial charge is 0.330 e. The van der Waals surface area contributed by atoms with E-state index in [1.54, 1.807) is 18.2 Å². The van der Waals surface area contributed by atoms with Crippen LogP contribution in [-0.2, 0) is 0 Å². The summed E-state index contributed by atoms with van der Waals surface area (Å²) in [6.45, 7) is -0.0934. The maximum Gasteiger partial charge on any atom is 0.248 e. The maximum atomic E-state index is 12.7. The first-order valence-electron chi connectivity index (χ1n) is 4.65. The Kier molecular flexibility index (Phi) is 2.64. The lowest BCUT2D eigenvalue weighted by atomic mass is 10.0. The number of rotatable bonds is 3. The zero-order valence-electron chi connectivity index (χ0n) is 7.95. The van der Waals surface area contributed by atoms with Gasteiger partial charge in [-0.05, 0) is 6.07 Å². The predicted octanol–water partition coefficient (Wildman–Crippen LogP) is 1.87. The molecule has 0 fully saturated rings. The molecule has 1 unspecified atom stereocenters. The number of H-pyrrole nitrogens is 1. The normalized spacial score (nSPS) is 13.6. The van der Waals surface area contributed by atoms with E-state index in [9.17, 15) is 8.78 Å². The van der Waals surface area contributed by atoms with E-state index in [-0.39, 0.29) is 6.54 Å². The van der Waals surface area contributed by atoms with Gasteiger partial charge < -0.3 is 5.73 Å². The van der Waals surface area contributed by atoms with E-state index >= 15 is 0 Å². The van der Waals surface area contributed by atoms with Gasteiger partial charge in [-0.15, -0.1) is 0 Å². The fourth-order valence-electron chi connectivity index (χ4n) is 1.61. The zero-order chi connectivity index (χ0) is 10.8. The van der Waals surface area contributed by atoms with Crippen LogP contribution in [0, 0.1) is 0 Å². The van der Waals surface area contributed by atoms with Crippen LogP contribution in [0.4, 0.5) is 8.78 Å². The minimum Gasteiger partial charge on any atom is -0.330 e. The van der Waals surface area contributed by atoms with E-state index in [0.717, 1.165) is 0 Å². The molecule has 0 saturated heterocycles. The summed E-state index contributed by atoms with van der Waals surface area (Å²) in [5.41, 5.74) is 6.43. The van der Waals surface area contributed by atoms with Crippen LogP contribution in [0.1, 0.15) is 11.6 Å². The van der Waals surface area contributed by atoms with Crippen LogP contribution in [0.5, 0.6) is 0 Å². The number of aromatic amines is 1. The molecule has 15 heavy (non-hydrogen) atoms. The number of alkyl halides is 2. The number of nitrogens with one attached hydrogen (secondary N) is 1. The molecule has 1 atom stereocenters. The van der Waals surface area contributed by atoms with Gasteiger partial charge in [-0.3, -0.25) is 5.10 Å². The first-order chi connectivity index (χ1) is 7.24. The Balaban J connectivity index is 2.51. The van der Waals surface area contributed by atoms with Gasteiger partial charge >= 0.3 is 0 Å². The van der Waals surface area contributed by atoms with Crippen molar-refractivity contribution in [2.75, 3.05) is 6.54 Å². The number of hydrogen-bond donors (Lipinski definition) is 2. The quantitative estimate of drug-likeness (QED) is 0.814. The predicted molar refractivity (Wildman–Crippen MR) is 53.9 cm³/mol. The van der Waals surface area contributed by atoms with Gasteiger partial charge in [0.25, 0.3) is 0 Å². The molecule has 5 heteroatoms. The van der Waals surface area contributed by atoms with Gasteiger partial charge in [0, 0.05) is 11.9 Å². The Morgan fingerprint density at radius 3 is 2.73 bits per heavy atom. The van der Waals surface area contributed by atoms with Crippen LogP contribution in [0.15, 0.2) is 24.3 Å². The van der Waals surface area contributed by atoms with Crippen molar-refractivity contribution in [2.24, 2.45) is 5.73 Å². The molecule has 3 nitrogen and oxygen atoms in total. The van der Waals surface area contributed by atoms with Crippen molar-refractivity contribution >= 4 is 10.9 Å². The van der Waals surface area contributed by atoms with Crippen molar-refractivity contribution in [1.82, 2.24) is 10.2 Å². The Morgan fingerprint density at radius 2 is 2.07 bits per heavy atom. The van der Waals surface area contributed by atoms with Gasteiger partial charge in [-0.25, -0.2) is 8.78 Å². The lowest BCUT2D eigenvalue weighted by Crippen LogP contribution is -2.20. The number of aromatic nitrogens is 2. The minimum absolute atomic E-state index is 0.0934. The summed E-state index contributed by atoms with van der Waals surface area (Å²) in [6, 6.07) is 7.14. The summed E-state index contributed by atoms with van der Waals surface area (Å²) < 4.78 is 25.3. The first-order valence-corrected chi connectivity index (χ1v) is 4.65. The summed E-state index contributed by atoms with van der Waals surface area (Å²) >= 11 is 0. The minimum atomic E-state index is -2.47. The molecule has 1 aromatic heterocycles. The van der Waals surface area contributed by atoms with E-state index in [0.29, 0.717) is 16.6 Å². The molecule has 80 valence electrons. The SMILES string of the molecule is NCC(c1[nH]nc2ccccc12)C(F)F. The number of benzene rings is 1. The summed E-state index contributed by atoms with van der Waals surface area (Å²) in [7, 11) is 0. The van der Waals surface area contributed by atoms with Crippen molar-refractivity contribution < 1.29 is 8.78 Å². The highest BCUT2D eigenvalue weighted by Gasteiger charge is 2.24. The van der Waals surface area contributed by atoms with Gasteiger partial charge in [-0.2, -0.15) is 5.10 Å². The molecule has 3 N–H and O–H groups in total. The summed E-state index contributed by atoms with van der Waals surface area (Å²) in [5.74, 6) is -0.975. The zero-order valence-corrected chi connectivity index (χ0v) is 7.95. The number of para-hydroxylation sites is 1. The van der Waals surface area contributed by atoms with Crippen LogP contribution in [0.3, 0.4) is 0 Å². The summed E-state index contributed by atoms with van der Waals surface area (Å²) in [5, 5.41) is 7.31. The van der Waals surface area contributed by atoms with Crippen molar-refractivity contribution in [3.05, 3.63) is 30.0 Å². The second-order valence-corrected chi connectivity index (χ2v) is 3.33. The maximum absolute atomic E-state index is 12.7. The summed E-state index contributed by atoms with van der Waals surface area (Å²) in [4.78, 5) is 0. The fraction of sp³-hybridized carbons (Fsp3) is 0.300. The molecule has 0 saturated carbocycles. The second-order valence-electron chi connectivity index (χ2n) is 3.33. The molecule has 1 heterocycles. The number of hydrogen-bond acceptors (Lipinski definition) is 2. The third-order valence-electron chi connectivity index (χ3n) is 2.42. The fourth-order valence-corrected chi connectivity index (χ4v) is 1.61. The van der Waals surface area contributed by atoms with E-state index in [1.807, 2.05) is 6.07 Å². The number of nitrogens with zero attached hydrogens (tertiary/aromatic N) is 1. The average Bonchev–Trinajstić information content (AvgIpc) is 2.63. The molecule has 0 aliphatic carbocycles.